The van der Waals surface area contributed by atoms with Gasteiger partial charge in [-0.25, -0.2) is 0 Å². The lowest BCUT2D eigenvalue weighted by Gasteiger charge is -2.25. The van der Waals surface area contributed by atoms with Crippen molar-refractivity contribution < 1.29 is 0 Å². The molecule has 0 aliphatic rings. The molecule has 0 spiro atoms. The topological polar surface area (TPSA) is 53.6 Å². The summed E-state index contributed by atoms with van der Waals surface area (Å²) in [6.45, 7) is 13.5. The molecule has 0 fully saturated rings. The van der Waals surface area contributed by atoms with E-state index in [0.29, 0.717) is 18.0 Å². The molecule has 0 aliphatic carbocycles. The van der Waals surface area contributed by atoms with Gasteiger partial charge in [-0.2, -0.15) is 0 Å². The van der Waals surface area contributed by atoms with Crippen molar-refractivity contribution in [2.75, 3.05) is 19.6 Å². The summed E-state index contributed by atoms with van der Waals surface area (Å²) in [7, 11) is 0. The highest BCUT2D eigenvalue weighted by molar-refractivity contribution is 5.78. The first-order chi connectivity index (χ1) is 7.01. The summed E-state index contributed by atoms with van der Waals surface area (Å²) in [5.74, 6) is 0.545. The molecule has 0 saturated carbocycles. The van der Waals surface area contributed by atoms with Gasteiger partial charge in [-0.05, 0) is 33.9 Å². The number of hydrogen-bond donors (Lipinski definition) is 2. The molecule has 1 unspecified atom stereocenters. The molecular weight excluding hydrogens is 188 g/mol. The van der Waals surface area contributed by atoms with E-state index in [1.54, 1.807) is 0 Å². The van der Waals surface area contributed by atoms with E-state index in [-0.39, 0.29) is 0 Å². The van der Waals surface area contributed by atoms with Gasteiger partial charge in [-0.3, -0.25) is 9.89 Å². The van der Waals surface area contributed by atoms with E-state index < -0.39 is 0 Å². The summed E-state index contributed by atoms with van der Waals surface area (Å²) in [4.78, 5) is 6.69. The number of nitrogens with two attached hydrogens (primary N) is 1. The lowest BCUT2D eigenvalue weighted by Crippen LogP contribution is -2.39. The summed E-state index contributed by atoms with van der Waals surface area (Å²) < 4.78 is 0. The van der Waals surface area contributed by atoms with Crippen LogP contribution in [0.5, 0.6) is 0 Å². The standard InChI is InChI=1S/C11H26N4/c1-6-15(7-2)10(5)8-13-11(12)14-9(3)4/h9-10H,6-8H2,1-5H3,(H3,12,13,14). The fraction of sp³-hybridized carbons (Fsp3) is 0.909. The van der Waals surface area contributed by atoms with Crippen molar-refractivity contribution >= 4 is 5.96 Å². The van der Waals surface area contributed by atoms with E-state index >= 15 is 0 Å². The molecule has 0 saturated heterocycles. The first-order valence-corrected chi connectivity index (χ1v) is 5.81. The maximum Gasteiger partial charge on any atom is 0.188 e. The zero-order valence-electron chi connectivity index (χ0n) is 10.7. The van der Waals surface area contributed by atoms with Gasteiger partial charge in [-0.1, -0.05) is 13.8 Å². The van der Waals surface area contributed by atoms with Crippen LogP contribution in [0.1, 0.15) is 34.6 Å². The molecule has 90 valence electrons. The molecule has 0 aliphatic heterocycles. The van der Waals surface area contributed by atoms with Crippen LogP contribution in [0.3, 0.4) is 0 Å². The van der Waals surface area contributed by atoms with Gasteiger partial charge < -0.3 is 11.1 Å². The molecule has 4 heteroatoms. The Labute approximate surface area is 93.9 Å². The van der Waals surface area contributed by atoms with Crippen LogP contribution in [-0.4, -0.2) is 42.6 Å². The smallest absolute Gasteiger partial charge is 0.188 e. The summed E-state index contributed by atoms with van der Waals surface area (Å²) in [6.07, 6.45) is 0. The maximum absolute atomic E-state index is 5.73. The van der Waals surface area contributed by atoms with Gasteiger partial charge in [0.2, 0.25) is 0 Å². The highest BCUT2D eigenvalue weighted by Gasteiger charge is 2.08. The van der Waals surface area contributed by atoms with E-state index in [1.165, 1.54) is 0 Å². The second-order valence-corrected chi connectivity index (χ2v) is 4.10. The van der Waals surface area contributed by atoms with Gasteiger partial charge in [0.15, 0.2) is 5.96 Å². The van der Waals surface area contributed by atoms with E-state index in [9.17, 15) is 0 Å². The number of aliphatic imine (C=N–C) groups is 1. The molecule has 1 atom stereocenters. The zero-order valence-corrected chi connectivity index (χ0v) is 10.7. The third kappa shape index (κ3) is 6.33. The molecule has 0 rings (SSSR count). The molecular formula is C11H26N4. The maximum atomic E-state index is 5.73. The quantitative estimate of drug-likeness (QED) is 0.513. The number of likely N-dealkylation sites (N-methyl/N-ethyl adjacent to an activating group) is 1. The number of nitrogens with zero attached hydrogens (tertiary/aromatic N) is 2. The Bertz CT molecular complexity index is 185. The Hall–Kier alpha value is -0.770. The van der Waals surface area contributed by atoms with Gasteiger partial charge >= 0.3 is 0 Å². The van der Waals surface area contributed by atoms with Gasteiger partial charge in [-0.15, -0.1) is 0 Å². The first kappa shape index (κ1) is 14.2. The average Bonchev–Trinajstić information content (AvgIpc) is 2.15. The Balaban J connectivity index is 4.01. The van der Waals surface area contributed by atoms with E-state index in [2.05, 4.69) is 49.8 Å². The monoisotopic (exact) mass is 214 g/mol. The van der Waals surface area contributed by atoms with Crippen molar-refractivity contribution in [2.24, 2.45) is 10.7 Å². The van der Waals surface area contributed by atoms with Gasteiger partial charge in [0.25, 0.3) is 0 Å². The van der Waals surface area contributed by atoms with Crippen LogP contribution in [0.15, 0.2) is 4.99 Å². The Morgan fingerprint density at radius 1 is 1.27 bits per heavy atom. The molecule has 4 nitrogen and oxygen atoms in total. The molecule has 0 heterocycles. The summed E-state index contributed by atoms with van der Waals surface area (Å²) in [5.41, 5.74) is 5.73. The Morgan fingerprint density at radius 2 is 1.80 bits per heavy atom. The van der Waals surface area contributed by atoms with Crippen LogP contribution >= 0.6 is 0 Å². The average molecular weight is 214 g/mol. The summed E-state index contributed by atoms with van der Waals surface area (Å²) >= 11 is 0. The van der Waals surface area contributed by atoms with Crippen LogP contribution in [0.4, 0.5) is 0 Å². The van der Waals surface area contributed by atoms with Gasteiger partial charge in [0.05, 0.1) is 6.54 Å². The minimum absolute atomic E-state index is 0.345. The number of rotatable bonds is 6. The molecule has 0 aromatic rings. The third-order valence-electron chi connectivity index (χ3n) is 2.40. The molecule has 0 bridgehead atoms. The van der Waals surface area contributed by atoms with Crippen LogP contribution in [-0.2, 0) is 0 Å². The Kier molecular flexibility index (Phi) is 7.13. The van der Waals surface area contributed by atoms with E-state index in [0.717, 1.165) is 19.6 Å². The fourth-order valence-corrected chi connectivity index (χ4v) is 1.53. The molecule has 15 heavy (non-hydrogen) atoms. The van der Waals surface area contributed by atoms with Crippen molar-refractivity contribution in [2.45, 2.75) is 46.7 Å². The third-order valence-corrected chi connectivity index (χ3v) is 2.40. The normalized spacial score (nSPS) is 14.7. The molecule has 0 aromatic carbocycles. The van der Waals surface area contributed by atoms with E-state index in [4.69, 9.17) is 5.73 Å². The number of nitrogens with one attached hydrogen (secondary N) is 1. The van der Waals surface area contributed by atoms with Crippen LogP contribution < -0.4 is 11.1 Å². The van der Waals surface area contributed by atoms with Crippen molar-refractivity contribution in [3.05, 3.63) is 0 Å². The summed E-state index contributed by atoms with van der Waals surface area (Å²) in [5, 5.41) is 3.08. The predicted octanol–water partition coefficient (Wildman–Crippen LogP) is 1.03. The predicted molar refractivity (Wildman–Crippen MR) is 67.1 cm³/mol. The molecule has 0 radical (unpaired) electrons. The van der Waals surface area contributed by atoms with Crippen LogP contribution in [0.2, 0.25) is 0 Å². The minimum Gasteiger partial charge on any atom is -0.370 e. The highest BCUT2D eigenvalue weighted by atomic mass is 15.2. The highest BCUT2D eigenvalue weighted by Crippen LogP contribution is 1.98. The zero-order chi connectivity index (χ0) is 11.8. The lowest BCUT2D eigenvalue weighted by atomic mass is 10.3. The van der Waals surface area contributed by atoms with Gasteiger partial charge in [0.1, 0.15) is 0 Å². The minimum atomic E-state index is 0.345. The first-order valence-electron chi connectivity index (χ1n) is 5.81. The Morgan fingerprint density at radius 3 is 2.20 bits per heavy atom. The fourth-order valence-electron chi connectivity index (χ4n) is 1.53. The van der Waals surface area contributed by atoms with E-state index in [1.807, 2.05) is 0 Å². The molecule has 0 aromatic heterocycles. The lowest BCUT2D eigenvalue weighted by molar-refractivity contribution is 0.237. The van der Waals surface area contributed by atoms with Crippen molar-refractivity contribution in [1.82, 2.24) is 10.2 Å². The number of guanidine groups is 1. The summed E-state index contributed by atoms with van der Waals surface area (Å²) in [6, 6.07) is 0.796. The second-order valence-electron chi connectivity index (χ2n) is 4.10. The van der Waals surface area contributed by atoms with Crippen molar-refractivity contribution in [3.8, 4) is 0 Å². The number of hydrogen-bond acceptors (Lipinski definition) is 2. The molecule has 0 amide bonds. The largest absolute Gasteiger partial charge is 0.370 e. The van der Waals surface area contributed by atoms with Crippen molar-refractivity contribution in [3.63, 3.8) is 0 Å². The van der Waals surface area contributed by atoms with Crippen LogP contribution in [0.25, 0.3) is 0 Å². The van der Waals surface area contributed by atoms with Gasteiger partial charge in [0, 0.05) is 12.1 Å². The van der Waals surface area contributed by atoms with Crippen LogP contribution in [0, 0.1) is 0 Å². The SMILES string of the molecule is CCN(CC)C(C)CN=C(N)NC(C)C. The molecule has 3 N–H and O–H groups in total. The van der Waals surface area contributed by atoms with Crippen molar-refractivity contribution in [1.29, 1.82) is 0 Å². The second kappa shape index (κ2) is 7.51.